The number of aryl methyl sites for hydroxylation is 3. The zero-order valence-electron chi connectivity index (χ0n) is 11.8. The van der Waals surface area contributed by atoms with Gasteiger partial charge in [-0.3, -0.25) is 0 Å². The number of nitrogens with two attached hydrogens (primary N) is 1. The van der Waals surface area contributed by atoms with Crippen LogP contribution in [0.15, 0.2) is 42.5 Å². The van der Waals surface area contributed by atoms with Gasteiger partial charge in [0.1, 0.15) is 11.9 Å². The molecule has 2 heteroatoms. The van der Waals surface area contributed by atoms with Gasteiger partial charge < -0.3 is 10.5 Å². The summed E-state index contributed by atoms with van der Waals surface area (Å²) in [5, 5.41) is 0. The largest absolute Gasteiger partial charge is 0.484 e. The van der Waals surface area contributed by atoms with Crippen molar-refractivity contribution >= 4 is 0 Å². The highest BCUT2D eigenvalue weighted by atomic mass is 16.5. The van der Waals surface area contributed by atoms with Crippen LogP contribution >= 0.6 is 0 Å². The summed E-state index contributed by atoms with van der Waals surface area (Å²) in [6.07, 6.45) is -0.0963. The molecule has 0 bridgehead atoms. The van der Waals surface area contributed by atoms with Crippen LogP contribution in [0.3, 0.4) is 0 Å². The second-order valence-corrected chi connectivity index (χ2v) is 4.97. The molecule has 0 saturated heterocycles. The van der Waals surface area contributed by atoms with Gasteiger partial charge in [-0.1, -0.05) is 42.0 Å². The topological polar surface area (TPSA) is 35.2 Å². The van der Waals surface area contributed by atoms with Crippen LogP contribution in [0.1, 0.15) is 28.4 Å². The van der Waals surface area contributed by atoms with E-state index in [4.69, 9.17) is 10.5 Å². The molecule has 0 radical (unpaired) electrons. The molecule has 0 aliphatic rings. The molecule has 0 heterocycles. The van der Waals surface area contributed by atoms with E-state index >= 15 is 0 Å². The maximum atomic E-state index is 6.09. The molecule has 0 spiro atoms. The summed E-state index contributed by atoms with van der Waals surface area (Å²) >= 11 is 0. The van der Waals surface area contributed by atoms with Gasteiger partial charge in [0.2, 0.25) is 0 Å². The van der Waals surface area contributed by atoms with Crippen molar-refractivity contribution in [1.82, 2.24) is 0 Å². The van der Waals surface area contributed by atoms with Crippen molar-refractivity contribution in [3.8, 4) is 5.75 Å². The van der Waals surface area contributed by atoms with Crippen molar-refractivity contribution in [1.29, 1.82) is 0 Å². The molecule has 0 aliphatic carbocycles. The summed E-state index contributed by atoms with van der Waals surface area (Å²) in [6.45, 7) is 6.70. The van der Waals surface area contributed by atoms with E-state index < -0.39 is 0 Å². The Morgan fingerprint density at radius 3 is 2.42 bits per heavy atom. The fraction of sp³-hybridized carbons (Fsp3) is 0.294. The van der Waals surface area contributed by atoms with Crippen molar-refractivity contribution in [3.05, 3.63) is 64.7 Å². The molecular formula is C17H21NO. The molecule has 0 saturated carbocycles. The standard InChI is InChI=1S/C17H21NO/c1-12-8-9-13(2)15(10-12)17(11-18)19-16-7-5-4-6-14(16)3/h4-10,17H,11,18H2,1-3H3. The highest BCUT2D eigenvalue weighted by Crippen LogP contribution is 2.26. The Bertz CT molecular complexity index is 563. The Morgan fingerprint density at radius 1 is 1.00 bits per heavy atom. The summed E-state index contributed by atoms with van der Waals surface area (Å²) in [4.78, 5) is 0. The molecule has 100 valence electrons. The third-order valence-electron chi connectivity index (χ3n) is 3.36. The lowest BCUT2D eigenvalue weighted by atomic mass is 10.0. The van der Waals surface area contributed by atoms with Gasteiger partial charge in [0.25, 0.3) is 0 Å². The van der Waals surface area contributed by atoms with Crippen molar-refractivity contribution in [2.24, 2.45) is 5.73 Å². The molecular weight excluding hydrogens is 234 g/mol. The molecule has 0 fully saturated rings. The molecule has 2 aromatic rings. The third-order valence-corrected chi connectivity index (χ3v) is 3.36. The van der Waals surface area contributed by atoms with E-state index in [2.05, 4.69) is 32.0 Å². The van der Waals surface area contributed by atoms with Gasteiger partial charge in [-0.25, -0.2) is 0 Å². The minimum absolute atomic E-state index is 0.0963. The Labute approximate surface area is 115 Å². The number of rotatable bonds is 4. The van der Waals surface area contributed by atoms with E-state index in [0.717, 1.165) is 11.3 Å². The van der Waals surface area contributed by atoms with Gasteiger partial charge in [-0.05, 0) is 43.5 Å². The van der Waals surface area contributed by atoms with Crippen LogP contribution in [-0.4, -0.2) is 6.54 Å². The van der Waals surface area contributed by atoms with Crippen LogP contribution in [0.5, 0.6) is 5.75 Å². The Hall–Kier alpha value is -1.80. The number of benzene rings is 2. The van der Waals surface area contributed by atoms with Crippen LogP contribution in [0.2, 0.25) is 0 Å². The maximum absolute atomic E-state index is 6.09. The molecule has 0 aromatic heterocycles. The molecule has 2 aromatic carbocycles. The Balaban J connectivity index is 2.30. The van der Waals surface area contributed by atoms with Crippen LogP contribution in [0, 0.1) is 20.8 Å². The zero-order chi connectivity index (χ0) is 13.8. The number of hydrogen-bond acceptors (Lipinski definition) is 2. The van der Waals surface area contributed by atoms with Gasteiger partial charge in [0, 0.05) is 6.54 Å². The van der Waals surface area contributed by atoms with Gasteiger partial charge in [-0.2, -0.15) is 0 Å². The monoisotopic (exact) mass is 255 g/mol. The summed E-state index contributed by atoms with van der Waals surface area (Å²) < 4.78 is 6.09. The van der Waals surface area contributed by atoms with Gasteiger partial charge in [0.05, 0.1) is 0 Å². The minimum Gasteiger partial charge on any atom is -0.484 e. The lowest BCUT2D eigenvalue weighted by Crippen LogP contribution is -2.20. The lowest BCUT2D eigenvalue weighted by molar-refractivity contribution is 0.212. The lowest BCUT2D eigenvalue weighted by Gasteiger charge is -2.21. The Morgan fingerprint density at radius 2 is 1.74 bits per heavy atom. The first kappa shape index (κ1) is 13.6. The van der Waals surface area contributed by atoms with E-state index in [1.807, 2.05) is 31.2 Å². The fourth-order valence-electron chi connectivity index (χ4n) is 2.19. The molecule has 2 rings (SSSR count). The number of para-hydroxylation sites is 1. The molecule has 0 amide bonds. The first-order valence-corrected chi connectivity index (χ1v) is 6.61. The van der Waals surface area contributed by atoms with Crippen molar-refractivity contribution in [2.45, 2.75) is 26.9 Å². The SMILES string of the molecule is Cc1ccc(C)c(C(CN)Oc2ccccc2C)c1. The van der Waals surface area contributed by atoms with Crippen molar-refractivity contribution in [2.75, 3.05) is 6.54 Å². The molecule has 1 atom stereocenters. The van der Waals surface area contributed by atoms with Crippen molar-refractivity contribution in [3.63, 3.8) is 0 Å². The Kier molecular flexibility index (Phi) is 4.23. The predicted octanol–water partition coefficient (Wildman–Crippen LogP) is 3.69. The quantitative estimate of drug-likeness (QED) is 0.904. The smallest absolute Gasteiger partial charge is 0.136 e. The average molecular weight is 255 g/mol. The fourth-order valence-corrected chi connectivity index (χ4v) is 2.19. The maximum Gasteiger partial charge on any atom is 0.136 e. The first-order chi connectivity index (χ1) is 9.11. The van der Waals surface area contributed by atoms with Crippen LogP contribution in [0.25, 0.3) is 0 Å². The first-order valence-electron chi connectivity index (χ1n) is 6.61. The zero-order valence-corrected chi connectivity index (χ0v) is 11.8. The third kappa shape index (κ3) is 3.15. The van der Waals surface area contributed by atoms with Crippen LogP contribution in [0.4, 0.5) is 0 Å². The van der Waals surface area contributed by atoms with E-state index in [1.165, 1.54) is 16.7 Å². The van der Waals surface area contributed by atoms with E-state index in [-0.39, 0.29) is 6.10 Å². The van der Waals surface area contributed by atoms with Crippen LogP contribution < -0.4 is 10.5 Å². The summed E-state index contributed by atoms with van der Waals surface area (Å²) in [5.74, 6) is 0.902. The average Bonchev–Trinajstić information content (AvgIpc) is 2.41. The van der Waals surface area contributed by atoms with Crippen LogP contribution in [-0.2, 0) is 0 Å². The highest BCUT2D eigenvalue weighted by Gasteiger charge is 2.15. The molecule has 0 aliphatic heterocycles. The highest BCUT2D eigenvalue weighted by molar-refractivity contribution is 5.36. The van der Waals surface area contributed by atoms with Gasteiger partial charge in [-0.15, -0.1) is 0 Å². The number of ether oxygens (including phenoxy) is 1. The molecule has 2 nitrogen and oxygen atoms in total. The summed E-state index contributed by atoms with van der Waals surface area (Å²) in [7, 11) is 0. The minimum atomic E-state index is -0.0963. The summed E-state index contributed by atoms with van der Waals surface area (Å²) in [6, 6.07) is 14.4. The van der Waals surface area contributed by atoms with E-state index in [0.29, 0.717) is 6.54 Å². The predicted molar refractivity (Wildman–Crippen MR) is 79.5 cm³/mol. The van der Waals surface area contributed by atoms with E-state index in [9.17, 15) is 0 Å². The van der Waals surface area contributed by atoms with Crippen molar-refractivity contribution < 1.29 is 4.74 Å². The molecule has 1 unspecified atom stereocenters. The normalized spacial score (nSPS) is 12.2. The van der Waals surface area contributed by atoms with Gasteiger partial charge >= 0.3 is 0 Å². The van der Waals surface area contributed by atoms with Gasteiger partial charge in [0.15, 0.2) is 0 Å². The second kappa shape index (κ2) is 5.89. The second-order valence-electron chi connectivity index (χ2n) is 4.97. The van der Waals surface area contributed by atoms with E-state index in [1.54, 1.807) is 0 Å². The molecule has 2 N–H and O–H groups in total. The number of hydrogen-bond donors (Lipinski definition) is 1. The molecule has 19 heavy (non-hydrogen) atoms. The summed E-state index contributed by atoms with van der Waals surface area (Å²) in [5.41, 5.74) is 10.6.